The first kappa shape index (κ1) is 14.8. The molecule has 1 aliphatic heterocycles. The van der Waals surface area contributed by atoms with Crippen molar-refractivity contribution in [2.45, 2.75) is 64.0 Å². The van der Waals surface area contributed by atoms with Gasteiger partial charge in [0, 0.05) is 12.6 Å². The fourth-order valence-electron chi connectivity index (χ4n) is 3.74. The first-order valence-electron chi connectivity index (χ1n) is 7.60. The fourth-order valence-corrected chi connectivity index (χ4v) is 3.74. The first-order valence-corrected chi connectivity index (χ1v) is 7.60. The molecule has 4 nitrogen and oxygen atoms in total. The molecule has 2 fully saturated rings. The summed E-state index contributed by atoms with van der Waals surface area (Å²) in [5.74, 6) is -0.329. The highest BCUT2D eigenvalue weighted by Crippen LogP contribution is 2.35. The smallest absolute Gasteiger partial charge is 0.306 e. The molecule has 1 unspecified atom stereocenters. The van der Waals surface area contributed by atoms with E-state index in [2.05, 4.69) is 18.7 Å². The maximum atomic E-state index is 11.0. The summed E-state index contributed by atoms with van der Waals surface area (Å²) in [6, 6.07) is 0.584. The van der Waals surface area contributed by atoms with E-state index in [-0.39, 0.29) is 5.92 Å². The number of rotatable bonds is 4. The van der Waals surface area contributed by atoms with Crippen LogP contribution in [-0.4, -0.2) is 45.8 Å². The van der Waals surface area contributed by atoms with E-state index >= 15 is 0 Å². The molecule has 0 amide bonds. The van der Waals surface area contributed by atoms with Crippen molar-refractivity contribution in [1.29, 1.82) is 0 Å². The molecule has 1 atom stereocenters. The third-order valence-corrected chi connectivity index (χ3v) is 4.95. The van der Waals surface area contributed by atoms with Crippen molar-refractivity contribution in [3.8, 4) is 0 Å². The molecule has 0 aromatic carbocycles. The molecular formula is C15H27NO3. The number of aliphatic carboxylic acids is 1. The number of aliphatic hydroxyl groups is 1. The number of carboxylic acid groups (broad SMARTS) is 1. The second-order valence-corrected chi connectivity index (χ2v) is 6.76. The molecule has 1 aliphatic carbocycles. The maximum Gasteiger partial charge on any atom is 0.306 e. The Kier molecular flexibility index (Phi) is 4.51. The van der Waals surface area contributed by atoms with Crippen LogP contribution in [0.1, 0.15) is 52.4 Å². The Morgan fingerprint density at radius 3 is 2.47 bits per heavy atom. The number of hydrogen-bond donors (Lipinski definition) is 2. The summed E-state index contributed by atoms with van der Waals surface area (Å²) in [4.78, 5) is 13.4. The van der Waals surface area contributed by atoms with E-state index in [1.165, 1.54) is 12.8 Å². The summed E-state index contributed by atoms with van der Waals surface area (Å²) in [6.45, 7) is 6.29. The lowest BCUT2D eigenvalue weighted by atomic mass is 9.78. The third-order valence-electron chi connectivity index (χ3n) is 4.95. The largest absolute Gasteiger partial charge is 0.481 e. The van der Waals surface area contributed by atoms with E-state index in [1.807, 2.05) is 0 Å². The zero-order valence-corrected chi connectivity index (χ0v) is 12.1. The van der Waals surface area contributed by atoms with Crippen LogP contribution in [-0.2, 0) is 4.79 Å². The van der Waals surface area contributed by atoms with Crippen molar-refractivity contribution in [3.05, 3.63) is 0 Å². The zero-order valence-electron chi connectivity index (χ0n) is 12.1. The van der Waals surface area contributed by atoms with Gasteiger partial charge < -0.3 is 10.2 Å². The van der Waals surface area contributed by atoms with Crippen LogP contribution in [0.15, 0.2) is 0 Å². The number of nitrogens with zero attached hydrogens (tertiary/aromatic N) is 1. The van der Waals surface area contributed by atoms with Crippen LogP contribution < -0.4 is 0 Å². The van der Waals surface area contributed by atoms with Gasteiger partial charge in [0.25, 0.3) is 0 Å². The molecule has 2 rings (SSSR count). The number of hydrogen-bond acceptors (Lipinski definition) is 3. The van der Waals surface area contributed by atoms with Crippen molar-refractivity contribution in [1.82, 2.24) is 4.90 Å². The fraction of sp³-hybridized carbons (Fsp3) is 0.933. The van der Waals surface area contributed by atoms with Gasteiger partial charge in [-0.3, -0.25) is 9.69 Å². The lowest BCUT2D eigenvalue weighted by Crippen LogP contribution is -2.48. The van der Waals surface area contributed by atoms with Crippen molar-refractivity contribution < 1.29 is 15.0 Å². The minimum atomic E-state index is -0.705. The molecule has 0 radical (unpaired) electrons. The van der Waals surface area contributed by atoms with E-state index in [4.69, 9.17) is 5.11 Å². The van der Waals surface area contributed by atoms with Crippen LogP contribution in [0.2, 0.25) is 0 Å². The number of carbonyl (C=O) groups is 1. The molecule has 0 aromatic rings. The lowest BCUT2D eigenvalue weighted by Gasteiger charge is -2.40. The minimum absolute atomic E-state index is 0.250. The molecule has 2 N–H and O–H groups in total. The highest BCUT2D eigenvalue weighted by atomic mass is 16.4. The van der Waals surface area contributed by atoms with Gasteiger partial charge in [-0.25, -0.2) is 0 Å². The van der Waals surface area contributed by atoms with Crippen LogP contribution in [0.3, 0.4) is 0 Å². The van der Waals surface area contributed by atoms with E-state index in [0.29, 0.717) is 37.6 Å². The van der Waals surface area contributed by atoms with E-state index < -0.39 is 11.6 Å². The van der Waals surface area contributed by atoms with Crippen LogP contribution >= 0.6 is 0 Å². The normalized spacial score (nSPS) is 36.8. The van der Waals surface area contributed by atoms with Crippen LogP contribution in [0.25, 0.3) is 0 Å². The first-order chi connectivity index (χ1) is 8.91. The average molecular weight is 269 g/mol. The quantitative estimate of drug-likeness (QED) is 0.820. The molecule has 19 heavy (non-hydrogen) atoms. The summed E-state index contributed by atoms with van der Waals surface area (Å²) >= 11 is 0. The Bertz CT molecular complexity index is 321. The summed E-state index contributed by atoms with van der Waals surface area (Å²) in [7, 11) is 0. The van der Waals surface area contributed by atoms with Gasteiger partial charge in [-0.05, 0) is 51.0 Å². The summed E-state index contributed by atoms with van der Waals surface area (Å²) < 4.78 is 0. The van der Waals surface area contributed by atoms with Gasteiger partial charge in [-0.2, -0.15) is 0 Å². The Morgan fingerprint density at radius 2 is 1.95 bits per heavy atom. The highest BCUT2D eigenvalue weighted by molar-refractivity contribution is 5.70. The van der Waals surface area contributed by atoms with E-state index in [0.717, 1.165) is 13.1 Å². The molecule has 110 valence electrons. The van der Waals surface area contributed by atoms with Crippen LogP contribution in [0.5, 0.6) is 0 Å². The van der Waals surface area contributed by atoms with E-state index in [9.17, 15) is 9.90 Å². The summed E-state index contributed by atoms with van der Waals surface area (Å²) in [5, 5.41) is 19.7. The minimum Gasteiger partial charge on any atom is -0.481 e. The van der Waals surface area contributed by atoms with Gasteiger partial charge in [0.05, 0.1) is 11.5 Å². The molecule has 1 heterocycles. The standard InChI is InChI=1S/C15H27NO3/c1-11(2)13-4-3-9-16(13)10-15(19)7-5-12(6-8-15)14(17)18/h11-13,19H,3-10H2,1-2H3,(H,17,18). The van der Waals surface area contributed by atoms with Crippen molar-refractivity contribution in [3.63, 3.8) is 0 Å². The van der Waals surface area contributed by atoms with E-state index in [1.54, 1.807) is 0 Å². The topological polar surface area (TPSA) is 60.8 Å². The second-order valence-electron chi connectivity index (χ2n) is 6.76. The van der Waals surface area contributed by atoms with Crippen LogP contribution in [0, 0.1) is 11.8 Å². The zero-order chi connectivity index (χ0) is 14.0. The third kappa shape index (κ3) is 3.48. The molecule has 0 bridgehead atoms. The highest BCUT2D eigenvalue weighted by Gasteiger charge is 2.39. The van der Waals surface area contributed by atoms with Gasteiger partial charge in [0.1, 0.15) is 0 Å². The Balaban J connectivity index is 1.90. The van der Waals surface area contributed by atoms with Gasteiger partial charge in [-0.1, -0.05) is 13.8 Å². The van der Waals surface area contributed by atoms with Gasteiger partial charge in [0.15, 0.2) is 0 Å². The number of likely N-dealkylation sites (tertiary alicyclic amines) is 1. The Morgan fingerprint density at radius 1 is 1.32 bits per heavy atom. The van der Waals surface area contributed by atoms with Gasteiger partial charge >= 0.3 is 5.97 Å². The Labute approximate surface area is 115 Å². The van der Waals surface area contributed by atoms with Crippen molar-refractivity contribution in [2.24, 2.45) is 11.8 Å². The number of β-amino-alcohol motifs (C(OH)–C–C–N with tert-alkyl or cyclic N) is 1. The molecule has 1 saturated carbocycles. The van der Waals surface area contributed by atoms with Gasteiger partial charge in [0.2, 0.25) is 0 Å². The maximum absolute atomic E-state index is 11.0. The SMILES string of the molecule is CC(C)C1CCCN1CC1(O)CCC(C(=O)O)CC1. The lowest BCUT2D eigenvalue weighted by molar-refractivity contribution is -0.145. The molecular weight excluding hydrogens is 242 g/mol. The number of carboxylic acids is 1. The molecule has 0 aromatic heterocycles. The second kappa shape index (κ2) is 5.80. The molecule has 4 heteroatoms. The Hall–Kier alpha value is -0.610. The summed E-state index contributed by atoms with van der Waals surface area (Å²) in [5.41, 5.74) is -0.663. The van der Waals surface area contributed by atoms with Crippen molar-refractivity contribution >= 4 is 5.97 Å². The molecule has 2 aliphatic rings. The van der Waals surface area contributed by atoms with Gasteiger partial charge in [-0.15, -0.1) is 0 Å². The summed E-state index contributed by atoms with van der Waals surface area (Å²) in [6.07, 6.45) is 4.94. The van der Waals surface area contributed by atoms with Crippen LogP contribution in [0.4, 0.5) is 0 Å². The monoisotopic (exact) mass is 269 g/mol. The average Bonchev–Trinajstić information content (AvgIpc) is 2.77. The van der Waals surface area contributed by atoms with Crippen molar-refractivity contribution in [2.75, 3.05) is 13.1 Å². The predicted molar refractivity (Wildman–Crippen MR) is 74.0 cm³/mol. The molecule has 0 spiro atoms. The predicted octanol–water partition coefficient (Wildman–Crippen LogP) is 2.11. The molecule has 1 saturated heterocycles.